The number of ether oxygens (including phenoxy) is 1. The maximum Gasteiger partial charge on any atom is 0.252 e. The van der Waals surface area contributed by atoms with Crippen LogP contribution in [0.3, 0.4) is 0 Å². The largest absolute Gasteiger partial charge is 0.373 e. The summed E-state index contributed by atoms with van der Waals surface area (Å²) < 4.78 is 33.4. The van der Waals surface area contributed by atoms with E-state index < -0.39 is 10.0 Å². The summed E-state index contributed by atoms with van der Waals surface area (Å²) in [5, 5.41) is 6.60. The van der Waals surface area contributed by atoms with E-state index in [1.807, 2.05) is 13.0 Å². The fourth-order valence-electron chi connectivity index (χ4n) is 3.56. The van der Waals surface area contributed by atoms with Gasteiger partial charge in [0.2, 0.25) is 0 Å². The Hall–Kier alpha value is -0.430. The second kappa shape index (κ2) is 11.3. The van der Waals surface area contributed by atoms with Gasteiger partial charge >= 0.3 is 0 Å². The molecule has 0 saturated carbocycles. The smallest absolute Gasteiger partial charge is 0.252 e. The Bertz CT molecular complexity index is 770. The highest BCUT2D eigenvalue weighted by Crippen LogP contribution is 2.27. The van der Waals surface area contributed by atoms with Crippen molar-refractivity contribution in [3.8, 4) is 0 Å². The van der Waals surface area contributed by atoms with Crippen LogP contribution in [0.15, 0.2) is 21.3 Å². The molecule has 1 unspecified atom stereocenters. The van der Waals surface area contributed by atoms with Gasteiger partial charge in [-0.25, -0.2) is 13.4 Å². The molecule has 2 fully saturated rings. The molecule has 2 aliphatic heterocycles. The van der Waals surface area contributed by atoms with Gasteiger partial charge < -0.3 is 15.4 Å². The molecule has 29 heavy (non-hydrogen) atoms. The average molecular weight is 557 g/mol. The number of hydrogen-bond acceptors (Lipinski definition) is 5. The summed E-state index contributed by atoms with van der Waals surface area (Å²) in [4.78, 5) is 5.57. The number of rotatable bonds is 7. The van der Waals surface area contributed by atoms with Crippen molar-refractivity contribution in [1.29, 1.82) is 0 Å². The zero-order valence-corrected chi connectivity index (χ0v) is 21.2. The minimum absolute atomic E-state index is 0. The molecule has 2 N–H and O–H groups in total. The van der Waals surface area contributed by atoms with Crippen LogP contribution in [0.25, 0.3) is 0 Å². The molecule has 0 bridgehead atoms. The van der Waals surface area contributed by atoms with Gasteiger partial charge in [-0.3, -0.25) is 0 Å². The van der Waals surface area contributed by atoms with E-state index in [2.05, 4.69) is 22.5 Å². The molecule has 2 saturated heterocycles. The normalized spacial score (nSPS) is 23.6. The number of piperidine rings is 1. The van der Waals surface area contributed by atoms with Crippen LogP contribution in [0.5, 0.6) is 0 Å². The number of halogens is 1. The number of nitrogens with zero attached hydrogens (tertiary/aromatic N) is 2. The highest BCUT2D eigenvalue weighted by atomic mass is 127. The van der Waals surface area contributed by atoms with Crippen LogP contribution in [-0.4, -0.2) is 57.1 Å². The standard InChI is InChI=1S/C19H32N4O3S2.HI/c1-3-20-18(22-15-19(2)10-7-13-26-19)21-14-16-8-9-17(27-16)28(24,25)23-11-5-4-6-12-23;/h8-9H,3-7,10-15H2,1-2H3,(H2,20,21,22);1H. The fraction of sp³-hybridized carbons (Fsp3) is 0.737. The van der Waals surface area contributed by atoms with Gasteiger partial charge in [-0.1, -0.05) is 6.42 Å². The highest BCUT2D eigenvalue weighted by Gasteiger charge is 2.30. The molecule has 166 valence electrons. The Morgan fingerprint density at radius 2 is 2.00 bits per heavy atom. The van der Waals surface area contributed by atoms with Crippen LogP contribution in [-0.2, 0) is 21.3 Å². The summed E-state index contributed by atoms with van der Waals surface area (Å²) in [5.41, 5.74) is -0.144. The number of guanidine groups is 1. The highest BCUT2D eigenvalue weighted by molar-refractivity contribution is 14.0. The maximum atomic E-state index is 12.8. The van der Waals surface area contributed by atoms with E-state index in [-0.39, 0.29) is 29.6 Å². The predicted octanol–water partition coefficient (Wildman–Crippen LogP) is 3.16. The van der Waals surface area contributed by atoms with Crippen molar-refractivity contribution in [3.63, 3.8) is 0 Å². The molecule has 0 spiro atoms. The third-order valence-corrected chi connectivity index (χ3v) is 8.65. The predicted molar refractivity (Wildman–Crippen MR) is 129 cm³/mol. The second-order valence-corrected chi connectivity index (χ2v) is 11.0. The lowest BCUT2D eigenvalue weighted by Gasteiger charge is -2.25. The van der Waals surface area contributed by atoms with Gasteiger partial charge in [0, 0.05) is 37.7 Å². The van der Waals surface area contributed by atoms with Gasteiger partial charge in [0.25, 0.3) is 10.0 Å². The number of hydrogen-bond donors (Lipinski definition) is 2. The summed E-state index contributed by atoms with van der Waals surface area (Å²) >= 11 is 1.32. The van der Waals surface area contributed by atoms with Crippen molar-refractivity contribution in [2.24, 2.45) is 4.99 Å². The van der Waals surface area contributed by atoms with E-state index in [9.17, 15) is 8.42 Å². The van der Waals surface area contributed by atoms with Gasteiger partial charge in [0.05, 0.1) is 12.1 Å². The van der Waals surface area contributed by atoms with Crippen LogP contribution in [0.1, 0.15) is 50.8 Å². The summed E-state index contributed by atoms with van der Waals surface area (Å²) in [6.07, 6.45) is 5.14. The number of nitrogens with one attached hydrogen (secondary N) is 2. The summed E-state index contributed by atoms with van der Waals surface area (Å²) in [7, 11) is -3.36. The maximum absolute atomic E-state index is 12.8. The Morgan fingerprint density at radius 3 is 2.66 bits per heavy atom. The Labute approximate surface area is 195 Å². The topological polar surface area (TPSA) is 83.0 Å². The molecule has 1 aromatic rings. The van der Waals surface area contributed by atoms with Crippen LogP contribution in [0.4, 0.5) is 0 Å². The van der Waals surface area contributed by atoms with Crippen LogP contribution >= 0.6 is 35.3 Å². The van der Waals surface area contributed by atoms with E-state index in [1.165, 1.54) is 11.3 Å². The molecule has 2 aliphatic rings. The van der Waals surface area contributed by atoms with E-state index >= 15 is 0 Å². The lowest BCUT2D eigenvalue weighted by atomic mass is 10.0. The van der Waals surface area contributed by atoms with Crippen molar-refractivity contribution in [3.05, 3.63) is 17.0 Å². The summed E-state index contributed by atoms with van der Waals surface area (Å²) in [6.45, 7) is 8.14. The molecule has 0 aliphatic carbocycles. The Morgan fingerprint density at radius 1 is 1.24 bits per heavy atom. The van der Waals surface area contributed by atoms with Crippen LogP contribution in [0, 0.1) is 0 Å². The summed E-state index contributed by atoms with van der Waals surface area (Å²) in [6, 6.07) is 3.59. The fourth-order valence-corrected chi connectivity index (χ4v) is 6.51. The van der Waals surface area contributed by atoms with Gasteiger partial charge in [0.1, 0.15) is 4.21 Å². The lowest BCUT2D eigenvalue weighted by Crippen LogP contribution is -2.45. The minimum Gasteiger partial charge on any atom is -0.373 e. The van der Waals surface area contributed by atoms with E-state index in [4.69, 9.17) is 4.74 Å². The summed E-state index contributed by atoms with van der Waals surface area (Å²) in [5.74, 6) is 0.730. The molecule has 0 amide bonds. The van der Waals surface area contributed by atoms with Crippen molar-refractivity contribution in [2.75, 3.05) is 32.8 Å². The Kier molecular flexibility index (Phi) is 9.65. The second-order valence-electron chi connectivity index (χ2n) is 7.64. The number of sulfonamides is 1. The zero-order chi connectivity index (χ0) is 20.0. The van der Waals surface area contributed by atoms with Crippen LogP contribution < -0.4 is 10.6 Å². The van der Waals surface area contributed by atoms with Gasteiger partial charge in [-0.15, -0.1) is 35.3 Å². The minimum atomic E-state index is -3.36. The van der Waals surface area contributed by atoms with E-state index in [0.717, 1.165) is 56.1 Å². The van der Waals surface area contributed by atoms with Crippen molar-refractivity contribution >= 4 is 51.3 Å². The Balaban J connectivity index is 0.00000300. The van der Waals surface area contributed by atoms with Crippen LogP contribution in [0.2, 0.25) is 0 Å². The molecule has 0 aromatic carbocycles. The first-order chi connectivity index (χ1) is 13.4. The quantitative estimate of drug-likeness (QED) is 0.307. The number of aliphatic imine (C=N–C) groups is 1. The molecule has 0 radical (unpaired) electrons. The third kappa shape index (κ3) is 6.78. The number of thiophene rings is 1. The van der Waals surface area contributed by atoms with Crippen molar-refractivity contribution < 1.29 is 13.2 Å². The van der Waals surface area contributed by atoms with Crippen molar-refractivity contribution in [2.45, 2.75) is 62.3 Å². The first-order valence-corrected chi connectivity index (χ1v) is 12.4. The molecular weight excluding hydrogens is 523 g/mol. The van der Waals surface area contributed by atoms with Gasteiger partial charge in [0.15, 0.2) is 5.96 Å². The SMILES string of the molecule is CCNC(=NCc1ccc(S(=O)(=O)N2CCCCC2)s1)NCC1(C)CCCO1.I. The monoisotopic (exact) mass is 556 g/mol. The van der Waals surface area contributed by atoms with Gasteiger partial charge in [-0.2, -0.15) is 4.31 Å². The molecular formula is C19H33IN4O3S2. The van der Waals surface area contributed by atoms with Crippen molar-refractivity contribution in [1.82, 2.24) is 14.9 Å². The molecule has 3 rings (SSSR count). The zero-order valence-electron chi connectivity index (χ0n) is 17.3. The first-order valence-electron chi connectivity index (χ1n) is 10.2. The van der Waals surface area contributed by atoms with Gasteiger partial charge in [-0.05, 0) is 51.7 Å². The molecule has 3 heterocycles. The molecule has 1 atom stereocenters. The molecule has 7 nitrogen and oxygen atoms in total. The third-order valence-electron chi connectivity index (χ3n) is 5.21. The average Bonchev–Trinajstić information content (AvgIpc) is 3.35. The molecule has 10 heteroatoms. The van der Waals surface area contributed by atoms with E-state index in [0.29, 0.717) is 30.4 Å². The first kappa shape index (κ1) is 24.8. The lowest BCUT2D eigenvalue weighted by molar-refractivity contribution is 0.0243. The van der Waals surface area contributed by atoms with E-state index in [1.54, 1.807) is 10.4 Å². The molecule has 1 aromatic heterocycles.